The summed E-state index contributed by atoms with van der Waals surface area (Å²) in [4.78, 5) is 29.3. The van der Waals surface area contributed by atoms with E-state index in [4.69, 9.17) is 16.0 Å². The maximum absolute atomic E-state index is 12.5. The molecule has 7 nitrogen and oxygen atoms in total. The number of nitrogens with zero attached hydrogens (tertiary/aromatic N) is 1. The average Bonchev–Trinajstić information content (AvgIpc) is 3.13. The van der Waals surface area contributed by atoms with Crippen molar-refractivity contribution < 1.29 is 19.1 Å². The highest BCUT2D eigenvalue weighted by Gasteiger charge is 2.22. The number of benzene rings is 2. The SMILES string of the molecule is CCc1ccc(-c2nc(CC(=O)NC(CO)C(=O)Nc3ccc(Cl)cc3)c(C)o2)cc1. The minimum absolute atomic E-state index is 0.0763. The molecule has 31 heavy (non-hydrogen) atoms. The summed E-state index contributed by atoms with van der Waals surface area (Å²) in [6.07, 6.45) is 0.862. The van der Waals surface area contributed by atoms with Crippen molar-refractivity contribution in [2.24, 2.45) is 0 Å². The number of hydrogen-bond donors (Lipinski definition) is 3. The molecular weight excluding hydrogens is 418 g/mol. The van der Waals surface area contributed by atoms with Crippen LogP contribution in [-0.2, 0) is 22.4 Å². The summed E-state index contributed by atoms with van der Waals surface area (Å²) in [6, 6.07) is 13.3. The molecule has 0 aliphatic heterocycles. The predicted octanol–water partition coefficient (Wildman–Crippen LogP) is 3.52. The van der Waals surface area contributed by atoms with Crippen LogP contribution in [0.25, 0.3) is 11.5 Å². The fourth-order valence-corrected chi connectivity index (χ4v) is 3.08. The summed E-state index contributed by atoms with van der Waals surface area (Å²) < 4.78 is 5.71. The summed E-state index contributed by atoms with van der Waals surface area (Å²) in [5.41, 5.74) is 3.01. The van der Waals surface area contributed by atoms with E-state index in [1.807, 2.05) is 24.3 Å². The van der Waals surface area contributed by atoms with Crippen LogP contribution in [0.15, 0.2) is 52.9 Å². The Morgan fingerprint density at radius 1 is 1.13 bits per heavy atom. The second-order valence-electron chi connectivity index (χ2n) is 7.05. The fraction of sp³-hybridized carbons (Fsp3) is 0.261. The lowest BCUT2D eigenvalue weighted by Crippen LogP contribution is -2.46. The predicted molar refractivity (Wildman–Crippen MR) is 119 cm³/mol. The van der Waals surface area contributed by atoms with Gasteiger partial charge in [-0.1, -0.05) is 30.7 Å². The van der Waals surface area contributed by atoms with E-state index in [0.29, 0.717) is 28.1 Å². The zero-order chi connectivity index (χ0) is 22.4. The van der Waals surface area contributed by atoms with Crippen molar-refractivity contribution in [3.63, 3.8) is 0 Å². The summed E-state index contributed by atoms with van der Waals surface area (Å²) >= 11 is 5.83. The number of nitrogens with one attached hydrogen (secondary N) is 2. The normalized spacial score (nSPS) is 11.7. The van der Waals surface area contributed by atoms with E-state index in [1.54, 1.807) is 31.2 Å². The van der Waals surface area contributed by atoms with E-state index >= 15 is 0 Å². The Morgan fingerprint density at radius 3 is 2.42 bits per heavy atom. The quantitative estimate of drug-likeness (QED) is 0.496. The molecule has 1 atom stereocenters. The summed E-state index contributed by atoms with van der Waals surface area (Å²) in [5, 5.41) is 15.2. The Morgan fingerprint density at radius 2 is 1.81 bits per heavy atom. The molecule has 0 bridgehead atoms. The number of oxazole rings is 1. The van der Waals surface area contributed by atoms with E-state index in [-0.39, 0.29) is 6.42 Å². The van der Waals surface area contributed by atoms with E-state index in [0.717, 1.165) is 12.0 Å². The molecule has 0 aliphatic carbocycles. The Bertz CT molecular complexity index is 1050. The van der Waals surface area contributed by atoms with E-state index < -0.39 is 24.5 Å². The summed E-state index contributed by atoms with van der Waals surface area (Å²) in [6.45, 7) is 3.27. The van der Waals surface area contributed by atoms with Gasteiger partial charge >= 0.3 is 0 Å². The largest absolute Gasteiger partial charge is 0.441 e. The molecule has 0 spiro atoms. The first-order chi connectivity index (χ1) is 14.9. The standard InChI is InChI=1S/C23H24ClN3O4/c1-3-15-4-6-16(7-5-15)23-27-19(14(2)31-23)12-21(29)26-20(13-28)22(30)25-18-10-8-17(24)9-11-18/h4-11,20,28H,3,12-13H2,1-2H3,(H,25,30)(H,26,29). The number of anilines is 1. The van der Waals surface area contributed by atoms with Crippen LogP contribution in [0, 0.1) is 6.92 Å². The molecule has 3 rings (SSSR count). The highest BCUT2D eigenvalue weighted by atomic mass is 35.5. The van der Waals surface area contributed by atoms with Gasteiger partial charge in [0.1, 0.15) is 11.8 Å². The molecule has 0 fully saturated rings. The van der Waals surface area contributed by atoms with Crippen LogP contribution in [0.3, 0.4) is 0 Å². The van der Waals surface area contributed by atoms with Gasteiger partial charge in [-0.05, 0) is 55.3 Å². The first-order valence-corrected chi connectivity index (χ1v) is 10.3. The molecule has 2 aromatic carbocycles. The van der Waals surface area contributed by atoms with Gasteiger partial charge < -0.3 is 20.2 Å². The highest BCUT2D eigenvalue weighted by Crippen LogP contribution is 2.22. The van der Waals surface area contributed by atoms with Gasteiger partial charge in [0.2, 0.25) is 17.7 Å². The molecule has 3 aromatic rings. The van der Waals surface area contributed by atoms with Crippen LogP contribution < -0.4 is 10.6 Å². The zero-order valence-corrected chi connectivity index (χ0v) is 18.1. The maximum Gasteiger partial charge on any atom is 0.249 e. The molecule has 8 heteroatoms. The van der Waals surface area contributed by atoms with Crippen molar-refractivity contribution >= 4 is 29.1 Å². The van der Waals surface area contributed by atoms with Crippen molar-refractivity contribution in [2.45, 2.75) is 32.7 Å². The molecule has 0 saturated carbocycles. The number of aliphatic hydroxyl groups excluding tert-OH is 1. The molecule has 2 amide bonds. The summed E-state index contributed by atoms with van der Waals surface area (Å²) in [7, 11) is 0. The molecule has 162 valence electrons. The second-order valence-corrected chi connectivity index (χ2v) is 7.48. The number of carbonyl (C=O) groups is 2. The highest BCUT2D eigenvalue weighted by molar-refractivity contribution is 6.30. The Kier molecular flexibility index (Phi) is 7.44. The monoisotopic (exact) mass is 441 g/mol. The number of aromatic nitrogens is 1. The number of rotatable bonds is 8. The lowest BCUT2D eigenvalue weighted by molar-refractivity contribution is -0.127. The number of amides is 2. The first kappa shape index (κ1) is 22.5. The van der Waals surface area contributed by atoms with Gasteiger partial charge in [-0.15, -0.1) is 0 Å². The fourth-order valence-electron chi connectivity index (χ4n) is 2.95. The van der Waals surface area contributed by atoms with Gasteiger partial charge in [-0.2, -0.15) is 0 Å². The molecular formula is C23H24ClN3O4. The first-order valence-electron chi connectivity index (χ1n) is 9.92. The maximum atomic E-state index is 12.5. The summed E-state index contributed by atoms with van der Waals surface area (Å²) in [5.74, 6) is -0.0284. The lowest BCUT2D eigenvalue weighted by Gasteiger charge is -2.16. The van der Waals surface area contributed by atoms with Crippen LogP contribution in [0.1, 0.15) is 23.9 Å². The van der Waals surface area contributed by atoms with Gasteiger partial charge in [0, 0.05) is 16.3 Å². The average molecular weight is 442 g/mol. The second kappa shape index (κ2) is 10.2. The third kappa shape index (κ3) is 5.93. The Balaban J connectivity index is 1.62. The number of carbonyl (C=O) groups excluding carboxylic acids is 2. The van der Waals surface area contributed by atoms with Crippen LogP contribution in [0.4, 0.5) is 5.69 Å². The van der Waals surface area contributed by atoms with E-state index in [9.17, 15) is 14.7 Å². The minimum Gasteiger partial charge on any atom is -0.441 e. The molecule has 3 N–H and O–H groups in total. The van der Waals surface area contributed by atoms with Crippen LogP contribution in [0.5, 0.6) is 0 Å². The third-order valence-electron chi connectivity index (χ3n) is 4.78. The van der Waals surface area contributed by atoms with Crippen LogP contribution in [-0.4, -0.2) is 34.6 Å². The van der Waals surface area contributed by atoms with Gasteiger partial charge in [0.15, 0.2) is 0 Å². The Hall–Kier alpha value is -3.16. The molecule has 0 aliphatic rings. The van der Waals surface area contributed by atoms with Crippen molar-refractivity contribution in [3.05, 3.63) is 70.6 Å². The molecule has 1 aromatic heterocycles. The number of halogens is 1. The zero-order valence-electron chi connectivity index (χ0n) is 17.3. The van der Waals surface area contributed by atoms with Crippen molar-refractivity contribution in [3.8, 4) is 11.5 Å². The molecule has 0 radical (unpaired) electrons. The smallest absolute Gasteiger partial charge is 0.249 e. The van der Waals surface area contributed by atoms with Gasteiger partial charge in [-0.25, -0.2) is 4.98 Å². The van der Waals surface area contributed by atoms with Crippen molar-refractivity contribution in [1.82, 2.24) is 10.3 Å². The Labute approximate surface area is 185 Å². The van der Waals surface area contributed by atoms with Gasteiger partial charge in [-0.3, -0.25) is 9.59 Å². The van der Waals surface area contributed by atoms with E-state index in [1.165, 1.54) is 5.56 Å². The van der Waals surface area contributed by atoms with Gasteiger partial charge in [0.05, 0.1) is 18.7 Å². The molecule has 0 saturated heterocycles. The number of aryl methyl sites for hydroxylation is 2. The van der Waals surface area contributed by atoms with Crippen LogP contribution in [0.2, 0.25) is 5.02 Å². The molecule has 1 heterocycles. The van der Waals surface area contributed by atoms with Crippen LogP contribution >= 0.6 is 11.6 Å². The minimum atomic E-state index is -1.10. The van der Waals surface area contributed by atoms with Crippen molar-refractivity contribution in [2.75, 3.05) is 11.9 Å². The van der Waals surface area contributed by atoms with Gasteiger partial charge in [0.25, 0.3) is 0 Å². The number of hydrogen-bond acceptors (Lipinski definition) is 5. The third-order valence-corrected chi connectivity index (χ3v) is 5.03. The molecule has 1 unspecified atom stereocenters. The topological polar surface area (TPSA) is 104 Å². The number of aliphatic hydroxyl groups is 1. The lowest BCUT2D eigenvalue weighted by atomic mass is 10.1. The van der Waals surface area contributed by atoms with E-state index in [2.05, 4.69) is 22.5 Å². The van der Waals surface area contributed by atoms with Crippen molar-refractivity contribution in [1.29, 1.82) is 0 Å².